The summed E-state index contributed by atoms with van der Waals surface area (Å²) in [5.41, 5.74) is -0.125. The zero-order chi connectivity index (χ0) is 16.6. The third kappa shape index (κ3) is 2.49. The van der Waals surface area contributed by atoms with Crippen LogP contribution >= 0.6 is 11.6 Å². The number of nitrogens with one attached hydrogen (secondary N) is 1. The minimum atomic E-state index is -1.14. The number of nitrogens with zero attached hydrogens (tertiary/aromatic N) is 1. The monoisotopic (exact) mass is 334 g/mol. The molecule has 0 aliphatic heterocycles. The van der Waals surface area contributed by atoms with Gasteiger partial charge in [-0.15, -0.1) is 0 Å². The number of fused-ring (bicyclic) bond motifs is 1. The maximum absolute atomic E-state index is 12.9. The number of aliphatic carboxylic acids is 1. The summed E-state index contributed by atoms with van der Waals surface area (Å²) < 4.78 is 0. The van der Waals surface area contributed by atoms with Crippen LogP contribution in [0.25, 0.3) is 10.9 Å². The zero-order valence-corrected chi connectivity index (χ0v) is 13.7. The molecule has 1 fully saturated rings. The van der Waals surface area contributed by atoms with E-state index < -0.39 is 11.5 Å². The summed E-state index contributed by atoms with van der Waals surface area (Å²) in [6.07, 6.45) is 3.57. The number of hydrogen-bond donors (Lipinski definition) is 2. The van der Waals surface area contributed by atoms with Crippen LogP contribution in [0.1, 0.15) is 42.6 Å². The van der Waals surface area contributed by atoms with E-state index in [4.69, 9.17) is 11.6 Å². The minimum absolute atomic E-state index is 0.251. The van der Waals surface area contributed by atoms with Crippen LogP contribution in [0.2, 0.25) is 5.02 Å². The summed E-state index contributed by atoms with van der Waals surface area (Å²) in [5.74, 6) is -1.32. The molecule has 1 aromatic carbocycles. The van der Waals surface area contributed by atoms with Gasteiger partial charge in [0.1, 0.15) is 11.2 Å². The first kappa shape index (κ1) is 15.9. The Bertz CT molecular complexity index is 762. The molecule has 0 bridgehead atoms. The van der Waals surface area contributed by atoms with Gasteiger partial charge in [-0.05, 0) is 18.9 Å². The second kappa shape index (κ2) is 5.89. The molecule has 6 heteroatoms. The molecule has 122 valence electrons. The summed E-state index contributed by atoms with van der Waals surface area (Å²) in [6.45, 7) is 0. The fourth-order valence-corrected chi connectivity index (χ4v) is 3.74. The average Bonchev–Trinajstić information content (AvgIpc) is 2.91. The molecule has 0 unspecified atom stereocenters. The Morgan fingerprint density at radius 2 is 1.87 bits per heavy atom. The lowest BCUT2D eigenvalue weighted by molar-refractivity contribution is -0.151. The second-order valence-electron chi connectivity index (χ2n) is 6.12. The van der Waals surface area contributed by atoms with Crippen LogP contribution in [0.5, 0.6) is 0 Å². The fourth-order valence-electron chi connectivity index (χ4n) is 3.45. The summed E-state index contributed by atoms with van der Waals surface area (Å²) in [4.78, 5) is 29.1. The van der Waals surface area contributed by atoms with Crippen molar-refractivity contribution in [3.8, 4) is 0 Å². The van der Waals surface area contributed by atoms with Gasteiger partial charge >= 0.3 is 5.97 Å². The smallest absolute Gasteiger partial charge is 0.329 e. The standard InChI is InChI=1S/C17H19ClN2O3/c1-20(17(16(22)23)9-5-2-6-10-17)15(21)14-13(18)11-7-3-4-8-12(11)19-14/h3-4,7-8,19H,2,5-6,9-10H2,1H3,(H,22,23). The molecule has 0 spiro atoms. The lowest BCUT2D eigenvalue weighted by Gasteiger charge is -2.40. The number of para-hydroxylation sites is 1. The molecule has 3 rings (SSSR count). The minimum Gasteiger partial charge on any atom is -0.479 e. The topological polar surface area (TPSA) is 73.4 Å². The SMILES string of the molecule is CN(C(=O)c1[nH]c2ccccc2c1Cl)C1(C(=O)O)CCCCC1. The molecule has 1 heterocycles. The van der Waals surface area contributed by atoms with Gasteiger partial charge in [-0.25, -0.2) is 4.79 Å². The highest BCUT2D eigenvalue weighted by Gasteiger charge is 2.46. The maximum atomic E-state index is 12.9. The number of aromatic nitrogens is 1. The van der Waals surface area contributed by atoms with Gasteiger partial charge in [0.15, 0.2) is 0 Å². The van der Waals surface area contributed by atoms with Crippen molar-refractivity contribution in [2.75, 3.05) is 7.05 Å². The van der Waals surface area contributed by atoms with Gasteiger partial charge in [-0.3, -0.25) is 4.79 Å². The van der Waals surface area contributed by atoms with E-state index in [1.807, 2.05) is 24.3 Å². The number of carboxylic acid groups (broad SMARTS) is 1. The number of halogens is 1. The van der Waals surface area contributed by atoms with Crippen LogP contribution in [0, 0.1) is 0 Å². The predicted molar refractivity (Wildman–Crippen MR) is 88.9 cm³/mol. The first-order chi connectivity index (χ1) is 11.0. The van der Waals surface area contributed by atoms with E-state index in [1.165, 1.54) is 4.90 Å². The fraction of sp³-hybridized carbons (Fsp3) is 0.412. The van der Waals surface area contributed by atoms with Crippen molar-refractivity contribution in [1.29, 1.82) is 0 Å². The first-order valence-electron chi connectivity index (χ1n) is 7.75. The second-order valence-corrected chi connectivity index (χ2v) is 6.50. The van der Waals surface area contributed by atoms with Gasteiger partial charge in [0.25, 0.3) is 5.91 Å². The number of likely N-dealkylation sites (N-methyl/N-ethyl adjacent to an activating group) is 1. The van der Waals surface area contributed by atoms with E-state index in [-0.39, 0.29) is 11.6 Å². The lowest BCUT2D eigenvalue weighted by Crippen LogP contribution is -2.56. The highest BCUT2D eigenvalue weighted by molar-refractivity contribution is 6.38. The lowest BCUT2D eigenvalue weighted by atomic mass is 9.80. The van der Waals surface area contributed by atoms with Gasteiger partial charge in [0.05, 0.1) is 5.02 Å². The Kier molecular flexibility index (Phi) is 4.06. The van der Waals surface area contributed by atoms with Gasteiger partial charge in [0, 0.05) is 18.0 Å². The molecular formula is C17H19ClN2O3. The third-order valence-corrected chi connectivity index (χ3v) is 5.27. The van der Waals surface area contributed by atoms with Gasteiger partial charge in [-0.1, -0.05) is 49.1 Å². The molecule has 1 saturated carbocycles. The molecule has 5 nitrogen and oxygen atoms in total. The number of amides is 1. The van der Waals surface area contributed by atoms with Crippen LogP contribution in [0.3, 0.4) is 0 Å². The molecule has 0 saturated heterocycles. The Morgan fingerprint density at radius 3 is 2.48 bits per heavy atom. The number of benzene rings is 1. The van der Waals surface area contributed by atoms with E-state index in [2.05, 4.69) is 4.98 Å². The number of rotatable bonds is 3. The normalized spacial score (nSPS) is 17.1. The van der Waals surface area contributed by atoms with E-state index in [0.717, 1.165) is 30.2 Å². The number of carboxylic acids is 1. The molecular weight excluding hydrogens is 316 g/mol. The number of carbonyl (C=O) groups is 2. The van der Waals surface area contributed by atoms with Crippen molar-refractivity contribution in [2.24, 2.45) is 0 Å². The highest BCUT2D eigenvalue weighted by Crippen LogP contribution is 2.36. The molecule has 23 heavy (non-hydrogen) atoms. The van der Waals surface area contributed by atoms with Crippen molar-refractivity contribution in [2.45, 2.75) is 37.6 Å². The Balaban J connectivity index is 2.00. The molecule has 1 aromatic heterocycles. The number of hydrogen-bond acceptors (Lipinski definition) is 2. The molecule has 0 atom stereocenters. The Labute approximate surface area is 139 Å². The van der Waals surface area contributed by atoms with Crippen LogP contribution in [0.4, 0.5) is 0 Å². The predicted octanol–water partition coefficient (Wildman–Crippen LogP) is 3.68. The van der Waals surface area contributed by atoms with Crippen molar-refractivity contribution < 1.29 is 14.7 Å². The quantitative estimate of drug-likeness (QED) is 0.899. The Morgan fingerprint density at radius 1 is 1.22 bits per heavy atom. The van der Waals surface area contributed by atoms with E-state index in [9.17, 15) is 14.7 Å². The summed E-state index contributed by atoms with van der Waals surface area (Å²) in [6, 6.07) is 7.37. The maximum Gasteiger partial charge on any atom is 0.329 e. The van der Waals surface area contributed by atoms with Crippen molar-refractivity contribution in [3.05, 3.63) is 35.0 Å². The van der Waals surface area contributed by atoms with Gasteiger partial charge < -0.3 is 15.0 Å². The van der Waals surface area contributed by atoms with Crippen LogP contribution in [-0.2, 0) is 4.79 Å². The van der Waals surface area contributed by atoms with Crippen molar-refractivity contribution in [3.63, 3.8) is 0 Å². The molecule has 0 radical (unpaired) electrons. The largest absolute Gasteiger partial charge is 0.479 e. The first-order valence-corrected chi connectivity index (χ1v) is 8.13. The van der Waals surface area contributed by atoms with Crippen LogP contribution in [0.15, 0.2) is 24.3 Å². The van der Waals surface area contributed by atoms with Crippen molar-refractivity contribution >= 4 is 34.4 Å². The summed E-state index contributed by atoms with van der Waals surface area (Å²) in [5, 5.41) is 10.8. The van der Waals surface area contributed by atoms with Crippen molar-refractivity contribution in [1.82, 2.24) is 9.88 Å². The molecule has 1 aliphatic carbocycles. The average molecular weight is 335 g/mol. The molecule has 2 N–H and O–H groups in total. The Hall–Kier alpha value is -2.01. The van der Waals surface area contributed by atoms with Gasteiger partial charge in [0.2, 0.25) is 0 Å². The van der Waals surface area contributed by atoms with E-state index >= 15 is 0 Å². The van der Waals surface area contributed by atoms with Crippen LogP contribution in [-0.4, -0.2) is 39.5 Å². The van der Waals surface area contributed by atoms with Crippen LogP contribution < -0.4 is 0 Å². The number of carbonyl (C=O) groups excluding carboxylic acids is 1. The molecule has 1 amide bonds. The van der Waals surface area contributed by atoms with E-state index in [1.54, 1.807) is 7.05 Å². The molecule has 2 aromatic rings. The number of H-pyrrole nitrogens is 1. The van der Waals surface area contributed by atoms with Gasteiger partial charge in [-0.2, -0.15) is 0 Å². The van der Waals surface area contributed by atoms with E-state index in [0.29, 0.717) is 17.9 Å². The number of aromatic amines is 1. The summed E-state index contributed by atoms with van der Waals surface area (Å²) in [7, 11) is 1.56. The highest BCUT2D eigenvalue weighted by atomic mass is 35.5. The third-order valence-electron chi connectivity index (χ3n) is 4.88. The summed E-state index contributed by atoms with van der Waals surface area (Å²) >= 11 is 6.33. The molecule has 1 aliphatic rings. The zero-order valence-electron chi connectivity index (χ0n) is 12.9.